The largest absolute Gasteiger partial charge is 0.481 e. The number of hydrogen-bond acceptors (Lipinski definition) is 2. The number of hydrogen-bond donors (Lipinski definition) is 2. The molecule has 1 rings (SSSR count). The number of rotatable bonds is 5. The van der Waals surface area contributed by atoms with Crippen LogP contribution in [0.25, 0.3) is 0 Å². The lowest BCUT2D eigenvalue weighted by atomic mass is 9.70. The lowest BCUT2D eigenvalue weighted by molar-refractivity contribution is -0.147. The lowest BCUT2D eigenvalue weighted by Crippen LogP contribution is -2.43. The molecule has 2 unspecified atom stereocenters. The van der Waals surface area contributed by atoms with Gasteiger partial charge in [0.1, 0.15) is 0 Å². The Morgan fingerprint density at radius 3 is 2.56 bits per heavy atom. The highest BCUT2D eigenvalue weighted by molar-refractivity contribution is 5.73. The van der Waals surface area contributed by atoms with Gasteiger partial charge in [-0.2, -0.15) is 0 Å². The second kappa shape index (κ2) is 5.60. The molecule has 3 nitrogen and oxygen atoms in total. The molecule has 2 atom stereocenters. The van der Waals surface area contributed by atoms with Crippen molar-refractivity contribution < 1.29 is 9.90 Å². The lowest BCUT2D eigenvalue weighted by Gasteiger charge is -2.40. The summed E-state index contributed by atoms with van der Waals surface area (Å²) in [5.41, 5.74) is -0.151. The maximum atomic E-state index is 11.0. The second-order valence-electron chi connectivity index (χ2n) is 7.38. The average molecular weight is 255 g/mol. The van der Waals surface area contributed by atoms with Crippen molar-refractivity contribution in [3.05, 3.63) is 0 Å². The highest BCUT2D eigenvalue weighted by atomic mass is 16.4. The molecule has 0 aromatic heterocycles. The summed E-state index contributed by atoms with van der Waals surface area (Å²) in [7, 11) is 0. The molecule has 0 aliphatic heterocycles. The van der Waals surface area contributed by atoms with Gasteiger partial charge >= 0.3 is 5.97 Å². The molecule has 3 heteroatoms. The summed E-state index contributed by atoms with van der Waals surface area (Å²) in [6.45, 7) is 11.4. The summed E-state index contributed by atoms with van der Waals surface area (Å²) >= 11 is 0. The van der Waals surface area contributed by atoms with Crippen LogP contribution in [0.5, 0.6) is 0 Å². The summed E-state index contributed by atoms with van der Waals surface area (Å²) in [5, 5.41) is 12.6. The number of aliphatic carboxylic acids is 1. The Morgan fingerprint density at radius 1 is 1.44 bits per heavy atom. The molecule has 1 fully saturated rings. The molecule has 0 amide bonds. The predicted octanol–water partition coefficient (Wildman–Crippen LogP) is 3.29. The van der Waals surface area contributed by atoms with Crippen LogP contribution in [0.3, 0.4) is 0 Å². The average Bonchev–Trinajstić information content (AvgIpc) is 2.20. The minimum Gasteiger partial charge on any atom is -0.481 e. The third kappa shape index (κ3) is 4.27. The maximum Gasteiger partial charge on any atom is 0.309 e. The van der Waals surface area contributed by atoms with Gasteiger partial charge in [-0.15, -0.1) is 0 Å². The SMILES string of the molecule is CC1CC(C)(C)CCC1NCCC(C)(C)C(=O)O. The first-order valence-electron chi connectivity index (χ1n) is 7.11. The normalized spacial score (nSPS) is 28.1. The minimum atomic E-state index is -0.706. The van der Waals surface area contributed by atoms with Crippen LogP contribution in [0.1, 0.15) is 60.3 Å². The molecule has 1 aliphatic carbocycles. The van der Waals surface area contributed by atoms with Crippen LogP contribution in [0.15, 0.2) is 0 Å². The maximum absolute atomic E-state index is 11.0. The third-order valence-electron chi connectivity index (χ3n) is 4.43. The molecule has 0 radical (unpaired) electrons. The van der Waals surface area contributed by atoms with Crippen molar-refractivity contribution in [3.63, 3.8) is 0 Å². The predicted molar refractivity (Wildman–Crippen MR) is 74.6 cm³/mol. The number of carbonyl (C=O) groups is 1. The van der Waals surface area contributed by atoms with Gasteiger partial charge < -0.3 is 10.4 Å². The van der Waals surface area contributed by atoms with Gasteiger partial charge in [0.15, 0.2) is 0 Å². The van der Waals surface area contributed by atoms with Gasteiger partial charge in [0.2, 0.25) is 0 Å². The van der Waals surface area contributed by atoms with Crippen molar-refractivity contribution >= 4 is 5.97 Å². The Hall–Kier alpha value is -0.570. The molecule has 0 heterocycles. The van der Waals surface area contributed by atoms with Crippen molar-refractivity contribution in [1.29, 1.82) is 0 Å². The molecule has 0 spiro atoms. The molecule has 1 saturated carbocycles. The third-order valence-corrected chi connectivity index (χ3v) is 4.43. The van der Waals surface area contributed by atoms with Crippen molar-refractivity contribution in [2.45, 2.75) is 66.3 Å². The fourth-order valence-electron chi connectivity index (χ4n) is 2.93. The molecular formula is C15H29NO2. The van der Waals surface area contributed by atoms with Gasteiger partial charge in [0.05, 0.1) is 5.41 Å². The van der Waals surface area contributed by atoms with Crippen LogP contribution < -0.4 is 5.32 Å². The van der Waals surface area contributed by atoms with Crippen molar-refractivity contribution in [2.24, 2.45) is 16.7 Å². The molecule has 18 heavy (non-hydrogen) atoms. The van der Waals surface area contributed by atoms with Crippen molar-refractivity contribution in [3.8, 4) is 0 Å². The van der Waals surface area contributed by atoms with Crippen molar-refractivity contribution in [1.82, 2.24) is 5.32 Å². The van der Waals surface area contributed by atoms with E-state index in [0.717, 1.165) is 6.54 Å². The Bertz CT molecular complexity index is 297. The topological polar surface area (TPSA) is 49.3 Å². The van der Waals surface area contributed by atoms with Gasteiger partial charge in [-0.1, -0.05) is 20.8 Å². The van der Waals surface area contributed by atoms with Crippen LogP contribution in [0, 0.1) is 16.7 Å². The Morgan fingerprint density at radius 2 is 2.06 bits per heavy atom. The zero-order chi connectivity index (χ0) is 14.0. The summed E-state index contributed by atoms with van der Waals surface area (Å²) in [6.07, 6.45) is 4.42. The van der Waals surface area contributed by atoms with E-state index in [1.807, 2.05) is 0 Å². The summed E-state index contributed by atoms with van der Waals surface area (Å²) in [5.74, 6) is -0.0242. The van der Waals surface area contributed by atoms with Crippen LogP contribution in [0.4, 0.5) is 0 Å². The van der Waals surface area contributed by atoms with E-state index in [9.17, 15) is 4.79 Å². The van der Waals surface area contributed by atoms with Crippen LogP contribution in [0.2, 0.25) is 0 Å². The van der Waals surface area contributed by atoms with E-state index in [4.69, 9.17) is 5.11 Å². The molecule has 1 aliphatic rings. The van der Waals surface area contributed by atoms with Crippen molar-refractivity contribution in [2.75, 3.05) is 6.54 Å². The van der Waals surface area contributed by atoms with E-state index in [-0.39, 0.29) is 0 Å². The van der Waals surface area contributed by atoms with Crippen LogP contribution in [-0.2, 0) is 4.79 Å². The zero-order valence-electron chi connectivity index (χ0n) is 12.5. The fourth-order valence-corrected chi connectivity index (χ4v) is 2.93. The number of carboxylic acids is 1. The fraction of sp³-hybridized carbons (Fsp3) is 0.933. The van der Waals surface area contributed by atoms with Gasteiger partial charge in [0.25, 0.3) is 0 Å². The van der Waals surface area contributed by atoms with E-state index in [2.05, 4.69) is 26.1 Å². The highest BCUT2D eigenvalue weighted by Crippen LogP contribution is 2.38. The van der Waals surface area contributed by atoms with E-state index in [1.54, 1.807) is 13.8 Å². The minimum absolute atomic E-state index is 0.470. The first-order valence-corrected chi connectivity index (χ1v) is 7.11. The molecule has 106 valence electrons. The summed E-state index contributed by atoms with van der Waals surface area (Å²) < 4.78 is 0. The van der Waals surface area contributed by atoms with Gasteiger partial charge in [0, 0.05) is 6.04 Å². The quantitative estimate of drug-likeness (QED) is 0.792. The molecular weight excluding hydrogens is 226 g/mol. The standard InChI is InChI=1S/C15H29NO2/c1-11-10-14(2,3)7-6-12(11)16-9-8-15(4,5)13(17)18/h11-12,16H,6-10H2,1-5H3,(H,17,18). The second-order valence-corrected chi connectivity index (χ2v) is 7.38. The van der Waals surface area contributed by atoms with Crippen LogP contribution in [-0.4, -0.2) is 23.7 Å². The summed E-state index contributed by atoms with van der Waals surface area (Å²) in [6, 6.07) is 0.558. The van der Waals surface area contributed by atoms with Gasteiger partial charge in [-0.25, -0.2) is 0 Å². The molecule has 0 saturated heterocycles. The van der Waals surface area contributed by atoms with E-state index < -0.39 is 11.4 Å². The number of carboxylic acid groups (broad SMARTS) is 1. The monoisotopic (exact) mass is 255 g/mol. The Kier molecular flexibility index (Phi) is 4.82. The zero-order valence-corrected chi connectivity index (χ0v) is 12.5. The molecule has 0 aromatic rings. The van der Waals surface area contributed by atoms with Gasteiger partial charge in [-0.05, 0) is 57.4 Å². The Labute approximate surface area is 111 Å². The number of nitrogens with one attached hydrogen (secondary N) is 1. The van der Waals surface area contributed by atoms with Crippen LogP contribution >= 0.6 is 0 Å². The first kappa shape index (κ1) is 15.5. The summed E-state index contributed by atoms with van der Waals surface area (Å²) in [4.78, 5) is 11.0. The van der Waals surface area contributed by atoms with Gasteiger partial charge in [-0.3, -0.25) is 4.79 Å². The first-order chi connectivity index (χ1) is 8.14. The molecule has 2 N–H and O–H groups in total. The molecule has 0 aromatic carbocycles. The smallest absolute Gasteiger partial charge is 0.309 e. The van der Waals surface area contributed by atoms with E-state index >= 15 is 0 Å². The molecule has 0 bridgehead atoms. The Balaban J connectivity index is 2.35. The van der Waals surface area contributed by atoms with E-state index in [0.29, 0.717) is 23.8 Å². The highest BCUT2D eigenvalue weighted by Gasteiger charge is 2.32. The van der Waals surface area contributed by atoms with E-state index in [1.165, 1.54) is 19.3 Å².